The lowest BCUT2D eigenvalue weighted by atomic mass is 9.69. The quantitative estimate of drug-likeness (QED) is 0.800. The summed E-state index contributed by atoms with van der Waals surface area (Å²) >= 11 is 0. The Hall–Kier alpha value is -0.570. The Morgan fingerprint density at radius 1 is 0.800 bits per heavy atom. The van der Waals surface area contributed by atoms with Crippen LogP contribution in [0, 0.1) is 5.41 Å². The highest BCUT2D eigenvalue weighted by molar-refractivity contribution is 5.86. The molecule has 1 heterocycles. The van der Waals surface area contributed by atoms with Gasteiger partial charge in [-0.15, -0.1) is 0 Å². The zero-order valence-corrected chi connectivity index (χ0v) is 12.8. The van der Waals surface area contributed by atoms with Crippen molar-refractivity contribution in [1.82, 2.24) is 4.90 Å². The van der Waals surface area contributed by atoms with Gasteiger partial charge < -0.3 is 10.6 Å². The lowest BCUT2D eigenvalue weighted by molar-refractivity contribution is -0.142. The molecule has 1 spiro atoms. The van der Waals surface area contributed by atoms with Crippen LogP contribution in [0.2, 0.25) is 0 Å². The van der Waals surface area contributed by atoms with Crippen LogP contribution in [-0.2, 0) is 4.79 Å². The van der Waals surface area contributed by atoms with E-state index in [0.29, 0.717) is 5.41 Å². The van der Waals surface area contributed by atoms with E-state index in [0.717, 1.165) is 38.8 Å². The molecule has 0 aromatic carbocycles. The fourth-order valence-corrected chi connectivity index (χ4v) is 4.80. The van der Waals surface area contributed by atoms with E-state index < -0.39 is 5.54 Å². The Balaban J connectivity index is 1.68. The molecule has 3 aliphatic rings. The number of hydrogen-bond acceptors (Lipinski definition) is 2. The predicted molar refractivity (Wildman–Crippen MR) is 81.3 cm³/mol. The van der Waals surface area contributed by atoms with E-state index in [9.17, 15) is 4.79 Å². The molecule has 20 heavy (non-hydrogen) atoms. The Bertz CT molecular complexity index is 348. The minimum atomic E-state index is -0.536. The minimum absolute atomic E-state index is 0.266. The number of likely N-dealkylation sites (tertiary alicyclic amines) is 1. The van der Waals surface area contributed by atoms with Crippen LogP contribution in [0.5, 0.6) is 0 Å². The smallest absolute Gasteiger partial charge is 0.242 e. The molecule has 0 aromatic heterocycles. The van der Waals surface area contributed by atoms with Gasteiger partial charge in [-0.3, -0.25) is 4.79 Å². The molecular weight excluding hydrogens is 248 g/mol. The number of rotatable bonds is 1. The highest BCUT2D eigenvalue weighted by atomic mass is 16.2. The van der Waals surface area contributed by atoms with Crippen molar-refractivity contribution in [2.24, 2.45) is 11.1 Å². The summed E-state index contributed by atoms with van der Waals surface area (Å²) in [7, 11) is 0. The first-order chi connectivity index (χ1) is 9.64. The molecule has 3 heteroatoms. The van der Waals surface area contributed by atoms with Gasteiger partial charge in [0.25, 0.3) is 0 Å². The predicted octanol–water partition coefficient (Wildman–Crippen LogP) is 3.22. The number of hydrogen-bond donors (Lipinski definition) is 1. The van der Waals surface area contributed by atoms with Gasteiger partial charge in [0.15, 0.2) is 0 Å². The maximum Gasteiger partial charge on any atom is 0.242 e. The Kier molecular flexibility index (Phi) is 4.07. The summed E-state index contributed by atoms with van der Waals surface area (Å²) in [4.78, 5) is 15.0. The maximum absolute atomic E-state index is 12.9. The van der Waals surface area contributed by atoms with Gasteiger partial charge in [0.2, 0.25) is 5.91 Å². The standard InChI is InChI=1S/C17H30N2O/c18-17(11-5-2-6-12-17)15(20)19-13-7-10-16(14-19)8-3-1-4-9-16/h1-14,18H2. The molecule has 0 bridgehead atoms. The molecule has 3 rings (SSSR count). The SMILES string of the molecule is NC1(C(=O)N2CCCC3(CCCCC3)C2)CCCCC1. The van der Waals surface area contributed by atoms with E-state index >= 15 is 0 Å². The molecule has 0 aromatic rings. The topological polar surface area (TPSA) is 46.3 Å². The molecule has 0 unspecified atom stereocenters. The highest BCUT2D eigenvalue weighted by Crippen LogP contribution is 2.43. The number of amides is 1. The molecule has 2 aliphatic carbocycles. The van der Waals surface area contributed by atoms with Crippen molar-refractivity contribution in [3.05, 3.63) is 0 Å². The van der Waals surface area contributed by atoms with Crippen LogP contribution in [0.4, 0.5) is 0 Å². The zero-order chi connectivity index (χ0) is 14.1. The van der Waals surface area contributed by atoms with E-state index in [4.69, 9.17) is 5.73 Å². The fraction of sp³-hybridized carbons (Fsp3) is 0.941. The average Bonchev–Trinajstić information content (AvgIpc) is 2.48. The van der Waals surface area contributed by atoms with Crippen molar-refractivity contribution >= 4 is 5.91 Å². The second-order valence-electron chi connectivity index (χ2n) is 7.61. The van der Waals surface area contributed by atoms with E-state index in [1.54, 1.807) is 0 Å². The van der Waals surface area contributed by atoms with Crippen LogP contribution in [0.1, 0.15) is 77.0 Å². The molecule has 114 valence electrons. The number of nitrogens with zero attached hydrogens (tertiary/aromatic N) is 1. The van der Waals surface area contributed by atoms with E-state index in [2.05, 4.69) is 4.90 Å². The van der Waals surface area contributed by atoms with Crippen LogP contribution in [0.3, 0.4) is 0 Å². The Morgan fingerprint density at radius 2 is 1.35 bits per heavy atom. The number of carbonyl (C=O) groups excluding carboxylic acids is 1. The Labute approximate surface area is 123 Å². The summed E-state index contributed by atoms with van der Waals surface area (Å²) in [6, 6.07) is 0. The van der Waals surface area contributed by atoms with E-state index in [1.165, 1.54) is 51.4 Å². The lowest BCUT2D eigenvalue weighted by Gasteiger charge is -2.47. The normalized spacial score (nSPS) is 29.4. The summed E-state index contributed by atoms with van der Waals surface area (Å²) in [5.41, 5.74) is 6.37. The summed E-state index contributed by atoms with van der Waals surface area (Å²) in [6.07, 6.45) is 14.6. The van der Waals surface area contributed by atoms with Gasteiger partial charge in [0.1, 0.15) is 0 Å². The van der Waals surface area contributed by atoms with Gasteiger partial charge in [-0.2, -0.15) is 0 Å². The molecule has 2 N–H and O–H groups in total. The third-order valence-corrected chi connectivity index (χ3v) is 6.03. The molecule has 3 nitrogen and oxygen atoms in total. The van der Waals surface area contributed by atoms with Crippen LogP contribution in [0.25, 0.3) is 0 Å². The summed E-state index contributed by atoms with van der Waals surface area (Å²) < 4.78 is 0. The number of piperidine rings is 1. The van der Waals surface area contributed by atoms with Gasteiger partial charge in [-0.05, 0) is 43.9 Å². The zero-order valence-electron chi connectivity index (χ0n) is 12.8. The molecule has 1 aliphatic heterocycles. The van der Waals surface area contributed by atoms with Crippen molar-refractivity contribution in [3.63, 3.8) is 0 Å². The van der Waals surface area contributed by atoms with Crippen LogP contribution >= 0.6 is 0 Å². The molecule has 1 amide bonds. The monoisotopic (exact) mass is 278 g/mol. The van der Waals surface area contributed by atoms with E-state index in [-0.39, 0.29) is 5.91 Å². The fourth-order valence-electron chi connectivity index (χ4n) is 4.80. The summed E-state index contributed by atoms with van der Waals surface area (Å²) in [5.74, 6) is 0.266. The van der Waals surface area contributed by atoms with Crippen molar-refractivity contribution in [3.8, 4) is 0 Å². The van der Waals surface area contributed by atoms with Crippen LogP contribution < -0.4 is 5.73 Å². The van der Waals surface area contributed by atoms with Crippen LogP contribution in [0.15, 0.2) is 0 Å². The first kappa shape index (κ1) is 14.4. The largest absolute Gasteiger partial charge is 0.341 e. The van der Waals surface area contributed by atoms with Gasteiger partial charge in [0.05, 0.1) is 5.54 Å². The number of nitrogens with two attached hydrogens (primary N) is 1. The molecule has 3 fully saturated rings. The lowest BCUT2D eigenvalue weighted by Crippen LogP contribution is -2.59. The maximum atomic E-state index is 12.9. The first-order valence-electron chi connectivity index (χ1n) is 8.72. The minimum Gasteiger partial charge on any atom is -0.341 e. The summed E-state index contributed by atoms with van der Waals surface area (Å²) in [5, 5.41) is 0. The second kappa shape index (κ2) is 5.67. The van der Waals surface area contributed by atoms with Crippen LogP contribution in [-0.4, -0.2) is 29.4 Å². The highest BCUT2D eigenvalue weighted by Gasteiger charge is 2.43. The molecular formula is C17H30N2O. The van der Waals surface area contributed by atoms with Gasteiger partial charge in [-0.25, -0.2) is 0 Å². The molecule has 1 saturated heterocycles. The third-order valence-electron chi connectivity index (χ3n) is 6.03. The first-order valence-corrected chi connectivity index (χ1v) is 8.72. The van der Waals surface area contributed by atoms with Crippen molar-refractivity contribution in [2.75, 3.05) is 13.1 Å². The van der Waals surface area contributed by atoms with Gasteiger partial charge >= 0.3 is 0 Å². The van der Waals surface area contributed by atoms with Gasteiger partial charge in [0, 0.05) is 13.1 Å². The van der Waals surface area contributed by atoms with Crippen molar-refractivity contribution in [2.45, 2.75) is 82.6 Å². The third kappa shape index (κ3) is 2.74. The van der Waals surface area contributed by atoms with Gasteiger partial charge in [-0.1, -0.05) is 38.5 Å². The second-order valence-corrected chi connectivity index (χ2v) is 7.61. The average molecular weight is 278 g/mol. The van der Waals surface area contributed by atoms with Crippen molar-refractivity contribution < 1.29 is 4.79 Å². The molecule has 2 saturated carbocycles. The molecule has 0 radical (unpaired) electrons. The van der Waals surface area contributed by atoms with Crippen molar-refractivity contribution in [1.29, 1.82) is 0 Å². The Morgan fingerprint density at radius 3 is 2.00 bits per heavy atom. The summed E-state index contributed by atoms with van der Waals surface area (Å²) in [6.45, 7) is 1.93. The molecule has 0 atom stereocenters. The number of carbonyl (C=O) groups is 1. The van der Waals surface area contributed by atoms with E-state index in [1.807, 2.05) is 0 Å².